The van der Waals surface area contributed by atoms with Crippen molar-refractivity contribution in [1.29, 1.82) is 0 Å². The van der Waals surface area contributed by atoms with E-state index in [1.54, 1.807) is 0 Å². The summed E-state index contributed by atoms with van der Waals surface area (Å²) in [5.41, 5.74) is 0. The summed E-state index contributed by atoms with van der Waals surface area (Å²) in [7, 11) is -9.34. The lowest BCUT2D eigenvalue weighted by molar-refractivity contribution is -0.172. The molecular formula is C41H60O14S2-2. The second-order valence-corrected chi connectivity index (χ2v) is 21.7. The van der Waals surface area contributed by atoms with Gasteiger partial charge < -0.3 is 28.1 Å². The van der Waals surface area contributed by atoms with Gasteiger partial charge in [-0.3, -0.25) is 19.2 Å². The van der Waals surface area contributed by atoms with Gasteiger partial charge in [0.2, 0.25) is 0 Å². The van der Waals surface area contributed by atoms with Gasteiger partial charge >= 0.3 is 23.9 Å². The molecule has 7 aliphatic carbocycles. The van der Waals surface area contributed by atoms with Crippen LogP contribution in [0.3, 0.4) is 0 Å². The van der Waals surface area contributed by atoms with Crippen LogP contribution in [0, 0.1) is 47.3 Å². The number of rotatable bonds is 11. The molecule has 322 valence electrons. The van der Waals surface area contributed by atoms with Crippen LogP contribution in [0.1, 0.15) is 148 Å². The van der Waals surface area contributed by atoms with Crippen molar-refractivity contribution in [2.24, 2.45) is 47.3 Å². The molecule has 2 bridgehead atoms. The summed E-state index contributed by atoms with van der Waals surface area (Å²) in [5.74, 6) is -7.03. The third-order valence-corrected chi connectivity index (χ3v) is 17.4. The van der Waals surface area contributed by atoms with Crippen molar-refractivity contribution in [2.75, 3.05) is 0 Å². The zero-order valence-corrected chi connectivity index (χ0v) is 34.5. The molecular weight excluding hydrogens is 781 g/mol. The van der Waals surface area contributed by atoms with Gasteiger partial charge in [0.15, 0.2) is 0 Å². The molecule has 12 atom stereocenters. The maximum absolute atomic E-state index is 14.0. The minimum Gasteiger partial charge on any atom is -0.748 e. The Kier molecular flexibility index (Phi) is 13.6. The quantitative estimate of drug-likeness (QED) is 0.143. The monoisotopic (exact) mass is 840 g/mol. The first kappa shape index (κ1) is 42.8. The lowest BCUT2D eigenvalue weighted by Crippen LogP contribution is -2.45. The molecule has 7 rings (SSSR count). The second kappa shape index (κ2) is 18.1. The zero-order valence-electron chi connectivity index (χ0n) is 32.9. The zero-order chi connectivity index (χ0) is 40.5. The summed E-state index contributed by atoms with van der Waals surface area (Å²) in [5, 5.41) is -2.49. The number of hydrogen-bond acceptors (Lipinski definition) is 14. The fourth-order valence-electron chi connectivity index (χ4n) is 12.0. The number of hydrogen-bond donors (Lipinski definition) is 0. The second-order valence-electron chi connectivity index (χ2n) is 18.5. The largest absolute Gasteiger partial charge is 0.748 e. The molecule has 0 amide bonds. The Labute approximate surface area is 337 Å². The SMILES string of the molecule is O=C(OC1CCCC(C2CCCC(OC(=O)C3C4CC(CC4S(=O)(=O)[O-])C3C(=O)OC3CCCCC3)C2)C1)C1CCC(S(=O)(=O)[O-])CC1C(=O)OC1CCCCC1. The molecule has 0 saturated heterocycles. The summed E-state index contributed by atoms with van der Waals surface area (Å²) < 4.78 is 96.4. The van der Waals surface area contributed by atoms with E-state index in [9.17, 15) is 45.1 Å². The average Bonchev–Trinajstić information content (AvgIpc) is 3.79. The van der Waals surface area contributed by atoms with Crippen LogP contribution in [-0.2, 0) is 58.4 Å². The minimum atomic E-state index is -4.68. The first-order valence-electron chi connectivity index (χ1n) is 21.9. The van der Waals surface area contributed by atoms with Crippen LogP contribution in [0.5, 0.6) is 0 Å². The molecule has 16 heteroatoms. The summed E-state index contributed by atoms with van der Waals surface area (Å²) in [6.45, 7) is 0. The lowest BCUT2D eigenvalue weighted by Gasteiger charge is -2.40. The van der Waals surface area contributed by atoms with Crippen LogP contribution < -0.4 is 0 Å². The third-order valence-electron chi connectivity index (χ3n) is 14.9. The van der Waals surface area contributed by atoms with Crippen LogP contribution in [0.2, 0.25) is 0 Å². The summed E-state index contributed by atoms with van der Waals surface area (Å²) in [6, 6.07) is 0. The van der Waals surface area contributed by atoms with E-state index in [0.717, 1.165) is 77.0 Å². The first-order chi connectivity index (χ1) is 27.2. The van der Waals surface area contributed by atoms with Crippen molar-refractivity contribution < 1.29 is 64.1 Å². The van der Waals surface area contributed by atoms with Crippen molar-refractivity contribution in [3.63, 3.8) is 0 Å². The van der Waals surface area contributed by atoms with Gasteiger partial charge in [-0.1, -0.05) is 12.8 Å². The Morgan fingerprint density at radius 2 is 0.877 bits per heavy atom. The number of fused-ring (bicyclic) bond motifs is 2. The van der Waals surface area contributed by atoms with Crippen LogP contribution in [0.15, 0.2) is 0 Å². The van der Waals surface area contributed by atoms with Crippen molar-refractivity contribution in [2.45, 2.75) is 183 Å². The average molecular weight is 841 g/mol. The molecule has 0 heterocycles. The normalized spacial score (nSPS) is 38.2. The lowest BCUT2D eigenvalue weighted by atomic mass is 9.72. The molecule has 0 aromatic rings. The smallest absolute Gasteiger partial charge is 0.310 e. The molecule has 7 aliphatic rings. The van der Waals surface area contributed by atoms with Crippen molar-refractivity contribution in [3.8, 4) is 0 Å². The Balaban J connectivity index is 0.962. The van der Waals surface area contributed by atoms with E-state index in [0.29, 0.717) is 44.9 Å². The van der Waals surface area contributed by atoms with Gasteiger partial charge in [-0.25, -0.2) is 16.8 Å². The summed E-state index contributed by atoms with van der Waals surface area (Å²) in [6.07, 6.45) is 13.4. The van der Waals surface area contributed by atoms with Gasteiger partial charge in [-0.2, -0.15) is 0 Å². The number of ether oxygens (including phenoxy) is 4. The molecule has 7 fully saturated rings. The van der Waals surface area contributed by atoms with Crippen molar-refractivity contribution >= 4 is 44.1 Å². The maximum atomic E-state index is 14.0. The Hall–Kier alpha value is -2.30. The van der Waals surface area contributed by atoms with Gasteiger partial charge in [0, 0.05) is 0 Å². The van der Waals surface area contributed by atoms with Crippen molar-refractivity contribution in [3.05, 3.63) is 0 Å². The topological polar surface area (TPSA) is 220 Å². The number of carbonyl (C=O) groups excluding carboxylic acids is 4. The molecule has 0 radical (unpaired) electrons. The molecule has 57 heavy (non-hydrogen) atoms. The highest BCUT2D eigenvalue weighted by Gasteiger charge is 2.61. The summed E-state index contributed by atoms with van der Waals surface area (Å²) in [4.78, 5) is 54.7. The molecule has 0 N–H and O–H groups in total. The van der Waals surface area contributed by atoms with Gasteiger partial charge in [0.25, 0.3) is 0 Å². The first-order valence-corrected chi connectivity index (χ1v) is 24.8. The Morgan fingerprint density at radius 1 is 0.404 bits per heavy atom. The molecule has 0 spiro atoms. The molecule has 0 aromatic carbocycles. The highest BCUT2D eigenvalue weighted by Crippen LogP contribution is 2.56. The molecule has 0 aliphatic heterocycles. The Bertz CT molecular complexity index is 1690. The fourth-order valence-corrected chi connectivity index (χ4v) is 14.1. The fraction of sp³-hybridized carbons (Fsp3) is 0.902. The van der Waals surface area contributed by atoms with Crippen LogP contribution in [0.4, 0.5) is 0 Å². The van der Waals surface area contributed by atoms with Crippen LogP contribution in [0.25, 0.3) is 0 Å². The Morgan fingerprint density at radius 3 is 1.42 bits per heavy atom. The van der Waals surface area contributed by atoms with Crippen LogP contribution >= 0.6 is 0 Å². The van der Waals surface area contributed by atoms with E-state index < -0.39 is 102 Å². The van der Waals surface area contributed by atoms with E-state index in [-0.39, 0.29) is 49.7 Å². The third kappa shape index (κ3) is 10.2. The van der Waals surface area contributed by atoms with Gasteiger partial charge in [0.05, 0.1) is 54.4 Å². The van der Waals surface area contributed by atoms with E-state index in [2.05, 4.69) is 0 Å². The summed E-state index contributed by atoms with van der Waals surface area (Å²) >= 11 is 0. The minimum absolute atomic E-state index is 0.0215. The number of carbonyl (C=O) groups is 4. The predicted octanol–water partition coefficient (Wildman–Crippen LogP) is 5.46. The van der Waals surface area contributed by atoms with Gasteiger partial charge in [0.1, 0.15) is 24.4 Å². The molecule has 14 nitrogen and oxygen atoms in total. The van der Waals surface area contributed by atoms with Crippen molar-refractivity contribution in [1.82, 2.24) is 0 Å². The van der Waals surface area contributed by atoms with Crippen LogP contribution in [-0.4, -0.2) is 84.7 Å². The van der Waals surface area contributed by atoms with Gasteiger partial charge in [-0.05, 0) is 159 Å². The number of esters is 4. The molecule has 0 aromatic heterocycles. The van der Waals surface area contributed by atoms with E-state index >= 15 is 0 Å². The van der Waals surface area contributed by atoms with E-state index in [1.807, 2.05) is 0 Å². The van der Waals surface area contributed by atoms with E-state index in [4.69, 9.17) is 18.9 Å². The highest BCUT2D eigenvalue weighted by atomic mass is 32.2. The predicted molar refractivity (Wildman–Crippen MR) is 201 cm³/mol. The molecule has 12 unspecified atom stereocenters. The standard InChI is InChI=1S/C41H62O14S2/c42-38(32-18-17-31(56(46,47)48)23-33(32)39(43)52-27-11-3-1-4-12-27)54-29-15-7-9-24(19-29)25-10-8-16-30(20-25)55-41(45)37-34-21-26(22-35(34)57(49,50)51)36(37)40(44)53-28-13-5-2-6-14-28/h24-37H,1-23H2,(H,46,47,48)(H,49,50,51)/p-2. The van der Waals surface area contributed by atoms with Gasteiger partial charge in [-0.15, -0.1) is 0 Å². The van der Waals surface area contributed by atoms with E-state index in [1.165, 1.54) is 0 Å². The highest BCUT2D eigenvalue weighted by molar-refractivity contribution is 7.86. The molecule has 7 saturated carbocycles. The maximum Gasteiger partial charge on any atom is 0.310 e.